The van der Waals surface area contributed by atoms with Gasteiger partial charge in [0.15, 0.2) is 0 Å². The number of likely N-dealkylation sites (N-methyl/N-ethyl adjacent to an activating group) is 2. The SMILES string of the molecule is CC.CN1CCN(C)CC1.CN1CCS(=O)CC1. The molecule has 0 atom stereocenters. The summed E-state index contributed by atoms with van der Waals surface area (Å²) in [5.74, 6) is 1.74. The lowest BCUT2D eigenvalue weighted by molar-refractivity contribution is 0.181. The molecule has 2 aliphatic rings. The Morgan fingerprint density at radius 2 is 0.944 bits per heavy atom. The van der Waals surface area contributed by atoms with E-state index in [0.717, 1.165) is 24.6 Å². The summed E-state index contributed by atoms with van der Waals surface area (Å²) in [4.78, 5) is 6.93. The lowest BCUT2D eigenvalue weighted by Crippen LogP contribution is -2.42. The van der Waals surface area contributed by atoms with Crippen LogP contribution in [-0.2, 0) is 10.8 Å². The number of rotatable bonds is 0. The van der Waals surface area contributed by atoms with Crippen LogP contribution in [0.5, 0.6) is 0 Å². The molecule has 0 amide bonds. The van der Waals surface area contributed by atoms with Crippen LogP contribution in [0.25, 0.3) is 0 Å². The van der Waals surface area contributed by atoms with Crippen LogP contribution >= 0.6 is 0 Å². The Hall–Kier alpha value is 0.0300. The van der Waals surface area contributed by atoms with Crippen molar-refractivity contribution < 1.29 is 4.21 Å². The van der Waals surface area contributed by atoms with Crippen molar-refractivity contribution >= 4 is 10.8 Å². The molecule has 0 N–H and O–H groups in total. The minimum absolute atomic E-state index is 0.503. The summed E-state index contributed by atoms with van der Waals surface area (Å²) in [6, 6.07) is 0. The summed E-state index contributed by atoms with van der Waals surface area (Å²) in [6.07, 6.45) is 0. The van der Waals surface area contributed by atoms with Crippen molar-refractivity contribution in [3.63, 3.8) is 0 Å². The molecule has 0 aromatic carbocycles. The van der Waals surface area contributed by atoms with Gasteiger partial charge in [0, 0.05) is 61.6 Å². The fourth-order valence-corrected chi connectivity index (χ4v) is 2.87. The average Bonchev–Trinajstić information content (AvgIpc) is 2.40. The van der Waals surface area contributed by atoms with Crippen LogP contribution in [0, 0.1) is 0 Å². The summed E-state index contributed by atoms with van der Waals surface area (Å²) < 4.78 is 10.7. The van der Waals surface area contributed by atoms with E-state index in [0.29, 0.717) is 0 Å². The van der Waals surface area contributed by atoms with Gasteiger partial charge in [0.2, 0.25) is 0 Å². The van der Waals surface area contributed by atoms with Crippen LogP contribution < -0.4 is 0 Å². The zero-order valence-corrected chi connectivity index (χ0v) is 13.6. The van der Waals surface area contributed by atoms with Gasteiger partial charge in [-0.15, -0.1) is 0 Å². The number of nitrogens with zero attached hydrogens (tertiary/aromatic N) is 3. The Morgan fingerprint density at radius 3 is 1.22 bits per heavy atom. The molecule has 0 unspecified atom stereocenters. The van der Waals surface area contributed by atoms with E-state index >= 15 is 0 Å². The van der Waals surface area contributed by atoms with Crippen molar-refractivity contribution in [2.75, 3.05) is 71.9 Å². The van der Waals surface area contributed by atoms with E-state index in [9.17, 15) is 4.21 Å². The molecule has 2 rings (SSSR count). The minimum Gasteiger partial charge on any atom is -0.305 e. The standard InChI is InChI=1S/C6H14N2.C5H11NOS.C2H6/c1-7-3-5-8(2)6-4-7;1-6-2-4-8(7)5-3-6;1-2/h3-6H2,1-2H3;2-5H2,1H3;1-2H3. The first-order valence-corrected chi connectivity index (χ1v) is 8.47. The zero-order chi connectivity index (χ0) is 14.0. The van der Waals surface area contributed by atoms with E-state index in [-0.39, 0.29) is 0 Å². The number of hydrogen-bond donors (Lipinski definition) is 0. The maximum absolute atomic E-state index is 10.7. The monoisotopic (exact) mass is 277 g/mol. The van der Waals surface area contributed by atoms with Crippen molar-refractivity contribution in [2.24, 2.45) is 0 Å². The topological polar surface area (TPSA) is 26.8 Å². The Labute approximate surface area is 116 Å². The molecule has 0 aromatic rings. The Bertz CT molecular complexity index is 198. The largest absolute Gasteiger partial charge is 0.305 e. The first kappa shape index (κ1) is 18.0. The van der Waals surface area contributed by atoms with Crippen LogP contribution in [0.15, 0.2) is 0 Å². The third kappa shape index (κ3) is 9.03. The maximum atomic E-state index is 10.7. The molecule has 0 bridgehead atoms. The van der Waals surface area contributed by atoms with Crippen molar-refractivity contribution in [2.45, 2.75) is 13.8 Å². The Balaban J connectivity index is 0.000000283. The van der Waals surface area contributed by atoms with E-state index < -0.39 is 10.8 Å². The predicted molar refractivity (Wildman–Crippen MR) is 81.7 cm³/mol. The van der Waals surface area contributed by atoms with Crippen molar-refractivity contribution in [3.05, 3.63) is 0 Å². The van der Waals surface area contributed by atoms with Crippen molar-refractivity contribution in [1.29, 1.82) is 0 Å². The summed E-state index contributed by atoms with van der Waals surface area (Å²) >= 11 is 0. The summed E-state index contributed by atoms with van der Waals surface area (Å²) in [7, 11) is 5.91. The molecular formula is C13H31N3OS. The highest BCUT2D eigenvalue weighted by molar-refractivity contribution is 7.85. The molecule has 2 saturated heterocycles. The normalized spacial score (nSPS) is 23.6. The average molecular weight is 277 g/mol. The van der Waals surface area contributed by atoms with Gasteiger partial charge in [0.05, 0.1) is 0 Å². The molecule has 110 valence electrons. The second kappa shape index (κ2) is 10.9. The second-order valence-electron chi connectivity index (χ2n) is 4.76. The third-order valence-corrected chi connectivity index (χ3v) is 4.40. The Morgan fingerprint density at radius 1 is 0.667 bits per heavy atom. The van der Waals surface area contributed by atoms with E-state index in [1.54, 1.807) is 0 Å². The summed E-state index contributed by atoms with van der Waals surface area (Å²) in [5.41, 5.74) is 0. The van der Waals surface area contributed by atoms with E-state index in [1.165, 1.54) is 26.2 Å². The summed E-state index contributed by atoms with van der Waals surface area (Å²) in [5, 5.41) is 0. The van der Waals surface area contributed by atoms with Gasteiger partial charge in [-0.2, -0.15) is 0 Å². The van der Waals surface area contributed by atoms with Crippen LogP contribution in [0.4, 0.5) is 0 Å². The molecule has 2 heterocycles. The molecule has 18 heavy (non-hydrogen) atoms. The van der Waals surface area contributed by atoms with Gasteiger partial charge in [-0.25, -0.2) is 0 Å². The van der Waals surface area contributed by atoms with Crippen LogP contribution in [0.2, 0.25) is 0 Å². The smallest absolute Gasteiger partial charge is 0.0362 e. The maximum Gasteiger partial charge on any atom is 0.0362 e. The minimum atomic E-state index is -0.503. The highest BCUT2D eigenvalue weighted by Gasteiger charge is 2.09. The van der Waals surface area contributed by atoms with E-state index in [1.807, 2.05) is 13.8 Å². The fraction of sp³-hybridized carbons (Fsp3) is 1.00. The molecule has 0 spiro atoms. The van der Waals surface area contributed by atoms with Gasteiger partial charge in [0.25, 0.3) is 0 Å². The molecule has 4 nitrogen and oxygen atoms in total. The fourth-order valence-electron chi connectivity index (χ4n) is 1.64. The second-order valence-corrected chi connectivity index (χ2v) is 6.45. The molecule has 0 aliphatic carbocycles. The highest BCUT2D eigenvalue weighted by Crippen LogP contribution is 1.94. The van der Waals surface area contributed by atoms with Crippen LogP contribution in [0.3, 0.4) is 0 Å². The molecule has 0 aromatic heterocycles. The van der Waals surface area contributed by atoms with Crippen LogP contribution in [-0.4, -0.2) is 90.8 Å². The van der Waals surface area contributed by atoms with Crippen molar-refractivity contribution in [1.82, 2.24) is 14.7 Å². The molecule has 0 saturated carbocycles. The number of piperazine rings is 1. The molecule has 2 aliphatic heterocycles. The van der Waals surface area contributed by atoms with E-state index in [4.69, 9.17) is 0 Å². The van der Waals surface area contributed by atoms with Crippen molar-refractivity contribution in [3.8, 4) is 0 Å². The van der Waals surface area contributed by atoms with E-state index in [2.05, 4.69) is 35.8 Å². The summed E-state index contributed by atoms with van der Waals surface area (Å²) in [6.45, 7) is 10.9. The quantitative estimate of drug-likeness (QED) is 0.647. The molecule has 5 heteroatoms. The zero-order valence-electron chi connectivity index (χ0n) is 12.8. The first-order valence-electron chi connectivity index (χ1n) is 6.98. The third-order valence-electron chi connectivity index (χ3n) is 3.13. The highest BCUT2D eigenvalue weighted by atomic mass is 32.2. The molecule has 0 radical (unpaired) electrons. The van der Waals surface area contributed by atoms with Gasteiger partial charge < -0.3 is 14.7 Å². The molecule has 2 fully saturated rings. The van der Waals surface area contributed by atoms with Gasteiger partial charge >= 0.3 is 0 Å². The Kier molecular flexibility index (Phi) is 10.9. The van der Waals surface area contributed by atoms with Gasteiger partial charge in [-0.1, -0.05) is 13.8 Å². The van der Waals surface area contributed by atoms with Crippen LogP contribution in [0.1, 0.15) is 13.8 Å². The van der Waals surface area contributed by atoms with Gasteiger partial charge in [0.1, 0.15) is 0 Å². The lowest BCUT2D eigenvalue weighted by Gasteiger charge is -2.28. The number of hydrogen-bond acceptors (Lipinski definition) is 4. The molecular weight excluding hydrogens is 246 g/mol. The van der Waals surface area contributed by atoms with Gasteiger partial charge in [-0.3, -0.25) is 4.21 Å². The first-order chi connectivity index (χ1) is 8.58. The lowest BCUT2D eigenvalue weighted by atomic mass is 10.4. The van der Waals surface area contributed by atoms with Gasteiger partial charge in [-0.05, 0) is 21.1 Å². The predicted octanol–water partition coefficient (Wildman–Crippen LogP) is 0.570.